The van der Waals surface area contributed by atoms with E-state index >= 15 is 0 Å². The highest BCUT2D eigenvalue weighted by atomic mass is 79.9. The Morgan fingerprint density at radius 1 is 1.47 bits per heavy atom. The van der Waals surface area contributed by atoms with Gasteiger partial charge in [-0.1, -0.05) is 15.9 Å². The normalized spacial score (nSPS) is 10.6. The SMILES string of the molecule is Cc1cc(Br)ccc1-n1cnc(CN)c1. The summed E-state index contributed by atoms with van der Waals surface area (Å²) in [6.45, 7) is 2.55. The van der Waals surface area contributed by atoms with Crippen LogP contribution in [0.4, 0.5) is 0 Å². The molecule has 0 radical (unpaired) electrons. The summed E-state index contributed by atoms with van der Waals surface area (Å²) >= 11 is 3.44. The van der Waals surface area contributed by atoms with Gasteiger partial charge >= 0.3 is 0 Å². The van der Waals surface area contributed by atoms with Crippen LogP contribution in [0.1, 0.15) is 11.3 Å². The predicted octanol–water partition coefficient (Wildman–Crippen LogP) is 2.40. The number of aromatic nitrogens is 2. The molecule has 0 bridgehead atoms. The van der Waals surface area contributed by atoms with Crippen LogP contribution >= 0.6 is 15.9 Å². The highest BCUT2D eigenvalue weighted by Gasteiger charge is 2.02. The number of rotatable bonds is 2. The van der Waals surface area contributed by atoms with E-state index in [2.05, 4.69) is 40.0 Å². The second kappa shape index (κ2) is 4.16. The van der Waals surface area contributed by atoms with Gasteiger partial charge in [-0.3, -0.25) is 0 Å². The number of halogens is 1. The van der Waals surface area contributed by atoms with Crippen molar-refractivity contribution in [3.8, 4) is 5.69 Å². The summed E-state index contributed by atoms with van der Waals surface area (Å²) in [6, 6.07) is 6.16. The first-order valence-electron chi connectivity index (χ1n) is 4.70. The second-order valence-electron chi connectivity index (χ2n) is 3.41. The minimum atomic E-state index is 0.475. The Labute approximate surface area is 97.1 Å². The van der Waals surface area contributed by atoms with Gasteiger partial charge in [0.25, 0.3) is 0 Å². The van der Waals surface area contributed by atoms with Gasteiger partial charge in [0.15, 0.2) is 0 Å². The van der Waals surface area contributed by atoms with Crippen molar-refractivity contribution in [3.63, 3.8) is 0 Å². The molecule has 0 amide bonds. The molecule has 0 atom stereocenters. The fourth-order valence-electron chi connectivity index (χ4n) is 1.51. The largest absolute Gasteiger partial charge is 0.325 e. The minimum Gasteiger partial charge on any atom is -0.325 e. The summed E-state index contributed by atoms with van der Waals surface area (Å²) in [4.78, 5) is 4.20. The molecule has 0 unspecified atom stereocenters. The molecule has 3 nitrogen and oxygen atoms in total. The van der Waals surface area contributed by atoms with Gasteiger partial charge in [0.05, 0.1) is 12.0 Å². The molecule has 1 aromatic carbocycles. The van der Waals surface area contributed by atoms with Gasteiger partial charge in [-0.15, -0.1) is 0 Å². The third-order valence-electron chi connectivity index (χ3n) is 2.28. The summed E-state index contributed by atoms with van der Waals surface area (Å²) in [5, 5.41) is 0. The summed E-state index contributed by atoms with van der Waals surface area (Å²) in [5.41, 5.74) is 8.75. The highest BCUT2D eigenvalue weighted by Crippen LogP contribution is 2.19. The maximum Gasteiger partial charge on any atom is 0.0995 e. The number of hydrogen-bond acceptors (Lipinski definition) is 2. The topological polar surface area (TPSA) is 43.8 Å². The van der Waals surface area contributed by atoms with Crippen LogP contribution in [0.25, 0.3) is 5.69 Å². The number of imidazole rings is 1. The standard InChI is InChI=1S/C11H12BrN3/c1-8-4-9(12)2-3-11(8)15-6-10(5-13)14-7-15/h2-4,6-7H,5,13H2,1H3. The van der Waals surface area contributed by atoms with Gasteiger partial charge in [-0.05, 0) is 30.7 Å². The van der Waals surface area contributed by atoms with Crippen molar-refractivity contribution in [2.75, 3.05) is 0 Å². The lowest BCUT2D eigenvalue weighted by Gasteiger charge is -2.06. The maximum atomic E-state index is 5.52. The molecule has 2 aromatic rings. The zero-order valence-corrected chi connectivity index (χ0v) is 10.0. The minimum absolute atomic E-state index is 0.475. The van der Waals surface area contributed by atoms with Crippen molar-refractivity contribution < 1.29 is 0 Å². The molecule has 0 fully saturated rings. The molecule has 2 N–H and O–H groups in total. The average Bonchev–Trinajstić information content (AvgIpc) is 2.66. The quantitative estimate of drug-likeness (QED) is 0.907. The molecule has 0 aliphatic heterocycles. The van der Waals surface area contributed by atoms with Gasteiger partial charge in [-0.2, -0.15) is 0 Å². The lowest BCUT2D eigenvalue weighted by molar-refractivity contribution is 1.01. The molecule has 0 saturated heterocycles. The van der Waals surface area contributed by atoms with Gasteiger partial charge in [0.2, 0.25) is 0 Å². The molecule has 0 aliphatic rings. The van der Waals surface area contributed by atoms with Crippen LogP contribution in [-0.2, 0) is 6.54 Å². The average molecular weight is 266 g/mol. The second-order valence-corrected chi connectivity index (χ2v) is 4.32. The molecule has 2 rings (SSSR count). The van der Waals surface area contributed by atoms with Crippen LogP contribution in [0.15, 0.2) is 35.2 Å². The van der Waals surface area contributed by atoms with Crippen LogP contribution < -0.4 is 5.73 Å². The number of aryl methyl sites for hydroxylation is 1. The van der Waals surface area contributed by atoms with Crippen molar-refractivity contribution in [2.45, 2.75) is 13.5 Å². The first-order chi connectivity index (χ1) is 7.20. The highest BCUT2D eigenvalue weighted by molar-refractivity contribution is 9.10. The van der Waals surface area contributed by atoms with Gasteiger partial charge in [0.1, 0.15) is 0 Å². The van der Waals surface area contributed by atoms with E-state index in [1.165, 1.54) is 5.56 Å². The van der Waals surface area contributed by atoms with E-state index in [-0.39, 0.29) is 0 Å². The van der Waals surface area contributed by atoms with E-state index in [1.54, 1.807) is 6.33 Å². The Balaban J connectivity index is 2.44. The molecule has 78 valence electrons. The van der Waals surface area contributed by atoms with Crippen molar-refractivity contribution >= 4 is 15.9 Å². The molecule has 0 saturated carbocycles. The molecular formula is C11H12BrN3. The third-order valence-corrected chi connectivity index (χ3v) is 2.78. The number of nitrogens with zero attached hydrogens (tertiary/aromatic N) is 2. The molecule has 4 heteroatoms. The van der Waals surface area contributed by atoms with Gasteiger partial charge in [0, 0.05) is 22.9 Å². The summed E-state index contributed by atoms with van der Waals surface area (Å²) in [6.07, 6.45) is 3.74. The van der Waals surface area contributed by atoms with E-state index in [1.807, 2.05) is 16.8 Å². The van der Waals surface area contributed by atoms with E-state index in [9.17, 15) is 0 Å². The summed E-state index contributed by atoms with van der Waals surface area (Å²) in [5.74, 6) is 0. The zero-order valence-electron chi connectivity index (χ0n) is 8.44. The van der Waals surface area contributed by atoms with Crippen LogP contribution in [-0.4, -0.2) is 9.55 Å². The van der Waals surface area contributed by atoms with Crippen molar-refractivity contribution in [3.05, 3.63) is 46.5 Å². The van der Waals surface area contributed by atoms with Gasteiger partial charge in [-0.25, -0.2) is 4.98 Å². The van der Waals surface area contributed by atoms with Crippen molar-refractivity contribution in [1.29, 1.82) is 0 Å². The maximum absolute atomic E-state index is 5.52. The van der Waals surface area contributed by atoms with E-state index in [0.29, 0.717) is 6.54 Å². The predicted molar refractivity (Wildman–Crippen MR) is 63.9 cm³/mol. The summed E-state index contributed by atoms with van der Waals surface area (Å²) in [7, 11) is 0. The fraction of sp³-hybridized carbons (Fsp3) is 0.182. The zero-order chi connectivity index (χ0) is 10.8. The van der Waals surface area contributed by atoms with Crippen LogP contribution in [0.2, 0.25) is 0 Å². The fourth-order valence-corrected chi connectivity index (χ4v) is 1.98. The number of benzene rings is 1. The Kier molecular flexibility index (Phi) is 2.88. The van der Waals surface area contributed by atoms with E-state index in [0.717, 1.165) is 15.9 Å². The first-order valence-corrected chi connectivity index (χ1v) is 5.49. The van der Waals surface area contributed by atoms with Crippen LogP contribution in [0.3, 0.4) is 0 Å². The smallest absolute Gasteiger partial charge is 0.0995 e. The molecule has 1 aromatic heterocycles. The number of hydrogen-bond donors (Lipinski definition) is 1. The van der Waals surface area contributed by atoms with Crippen LogP contribution in [0.5, 0.6) is 0 Å². The van der Waals surface area contributed by atoms with E-state index < -0.39 is 0 Å². The lowest BCUT2D eigenvalue weighted by atomic mass is 10.2. The van der Waals surface area contributed by atoms with Crippen molar-refractivity contribution in [2.24, 2.45) is 5.73 Å². The summed E-state index contributed by atoms with van der Waals surface area (Å²) < 4.78 is 3.08. The molecule has 15 heavy (non-hydrogen) atoms. The van der Waals surface area contributed by atoms with Crippen molar-refractivity contribution in [1.82, 2.24) is 9.55 Å². The van der Waals surface area contributed by atoms with E-state index in [4.69, 9.17) is 5.73 Å². The molecule has 1 heterocycles. The molecule has 0 spiro atoms. The monoisotopic (exact) mass is 265 g/mol. The Bertz CT molecular complexity index is 476. The molecular weight excluding hydrogens is 254 g/mol. The Hall–Kier alpha value is -1.13. The third kappa shape index (κ3) is 2.11. The van der Waals surface area contributed by atoms with Gasteiger partial charge < -0.3 is 10.3 Å². The lowest BCUT2D eigenvalue weighted by Crippen LogP contribution is -1.96. The molecule has 0 aliphatic carbocycles. The Morgan fingerprint density at radius 3 is 2.87 bits per heavy atom. The number of nitrogens with two attached hydrogens (primary N) is 1. The first kappa shape index (κ1) is 10.4. The van der Waals surface area contributed by atoms with Crippen LogP contribution in [0, 0.1) is 6.92 Å². The Morgan fingerprint density at radius 2 is 2.27 bits per heavy atom.